The van der Waals surface area contributed by atoms with Gasteiger partial charge < -0.3 is 29.2 Å². The van der Waals surface area contributed by atoms with Gasteiger partial charge in [-0.15, -0.1) is 0 Å². The number of benzene rings is 1. The van der Waals surface area contributed by atoms with Gasteiger partial charge in [0.25, 0.3) is 6.01 Å². The monoisotopic (exact) mass is 477 g/mol. The Morgan fingerprint density at radius 3 is 3.03 bits per heavy atom. The number of carbonyl (C=O) groups is 1. The van der Waals surface area contributed by atoms with Gasteiger partial charge in [-0.1, -0.05) is 11.3 Å². The van der Waals surface area contributed by atoms with E-state index in [4.69, 9.17) is 13.9 Å². The summed E-state index contributed by atoms with van der Waals surface area (Å²) in [5, 5.41) is 15.6. The first kappa shape index (κ1) is 21.9. The highest BCUT2D eigenvalue weighted by Gasteiger charge is 2.43. The lowest BCUT2D eigenvalue weighted by molar-refractivity contribution is 0.0579. The van der Waals surface area contributed by atoms with Crippen LogP contribution in [0, 0.1) is 0 Å². The van der Waals surface area contributed by atoms with Gasteiger partial charge in [0.05, 0.1) is 41.5 Å². The smallest absolute Gasteiger partial charge is 0.321 e. The number of urea groups is 1. The summed E-state index contributed by atoms with van der Waals surface area (Å²) in [4.78, 5) is 24.5. The van der Waals surface area contributed by atoms with Gasteiger partial charge in [-0.05, 0) is 26.0 Å². The predicted molar refractivity (Wildman–Crippen MR) is 120 cm³/mol. The van der Waals surface area contributed by atoms with Crippen LogP contribution in [0.3, 0.4) is 0 Å². The quantitative estimate of drug-likeness (QED) is 0.495. The molecule has 1 aromatic carbocycles. The first-order valence-electron chi connectivity index (χ1n) is 10.5. The summed E-state index contributed by atoms with van der Waals surface area (Å²) in [6, 6.07) is 4.84. The maximum Gasteiger partial charge on any atom is 0.321 e. The number of nitrogens with one attached hydrogen (secondary N) is 2. The fourth-order valence-electron chi connectivity index (χ4n) is 4.02. The number of fused-ring (bicyclic) bond motifs is 5. The number of hydrogen-bond donors (Lipinski definition) is 3. The van der Waals surface area contributed by atoms with E-state index in [0.29, 0.717) is 47.6 Å². The number of halogens is 1. The number of rotatable bonds is 6. The van der Waals surface area contributed by atoms with Crippen LogP contribution < -0.4 is 20.3 Å². The Morgan fingerprint density at radius 1 is 1.39 bits per heavy atom. The van der Waals surface area contributed by atoms with Gasteiger partial charge in [0.15, 0.2) is 10.7 Å². The van der Waals surface area contributed by atoms with E-state index in [1.54, 1.807) is 32.0 Å². The summed E-state index contributed by atoms with van der Waals surface area (Å²) in [6.45, 7) is 3.37. The van der Waals surface area contributed by atoms with E-state index >= 15 is 0 Å². The van der Waals surface area contributed by atoms with Crippen molar-refractivity contribution in [1.29, 1.82) is 0 Å². The van der Waals surface area contributed by atoms with Crippen LogP contribution in [-0.4, -0.2) is 59.4 Å². The van der Waals surface area contributed by atoms with Crippen LogP contribution >= 0.6 is 11.3 Å². The molecule has 12 heteroatoms. The van der Waals surface area contributed by atoms with Crippen LogP contribution in [0.1, 0.15) is 30.5 Å². The van der Waals surface area contributed by atoms with Gasteiger partial charge >= 0.3 is 6.03 Å². The first-order chi connectivity index (χ1) is 15.8. The highest BCUT2D eigenvalue weighted by molar-refractivity contribution is 7.16. The number of amides is 2. The van der Waals surface area contributed by atoms with Crippen molar-refractivity contribution in [3.05, 3.63) is 28.8 Å². The fraction of sp³-hybridized carbons (Fsp3) is 0.476. The third kappa shape index (κ3) is 4.45. The van der Waals surface area contributed by atoms with Gasteiger partial charge in [-0.3, -0.25) is 5.32 Å². The lowest BCUT2D eigenvalue weighted by Gasteiger charge is -2.43. The molecule has 2 aliphatic rings. The molecule has 1 fully saturated rings. The molecule has 5 rings (SSSR count). The summed E-state index contributed by atoms with van der Waals surface area (Å²) in [5.74, 6) is 0.385. The lowest BCUT2D eigenvalue weighted by atomic mass is 9.97. The minimum absolute atomic E-state index is 0.0233. The number of thiazole rings is 1. The Labute approximate surface area is 192 Å². The lowest BCUT2D eigenvalue weighted by Crippen LogP contribution is -2.51. The molecule has 4 heterocycles. The Hall–Kier alpha value is -2.96. The van der Waals surface area contributed by atoms with Crippen molar-refractivity contribution in [1.82, 2.24) is 15.3 Å². The molecule has 0 aliphatic carbocycles. The summed E-state index contributed by atoms with van der Waals surface area (Å²) < 4.78 is 29.3. The van der Waals surface area contributed by atoms with Crippen LogP contribution in [0.4, 0.5) is 20.3 Å². The van der Waals surface area contributed by atoms with E-state index < -0.39 is 18.5 Å². The molecule has 2 aromatic heterocycles. The standard InChI is InChI=1S/C21H24FN5O5S/c1-21(2,29)9-23-18(28)26-19-24-14-5-11-7-30-8-15(17(14)33-19)27(11)20-25-13-6-12(31-10-22)3-4-16(13)32-20/h3-4,6,11,15,29H,5,7-10H2,1-2H3,(H2,23,24,26,28)/t11-,15-/m0/s1. The van der Waals surface area contributed by atoms with Crippen molar-refractivity contribution in [2.45, 2.75) is 38.0 Å². The topological polar surface area (TPSA) is 122 Å². The van der Waals surface area contributed by atoms with Gasteiger partial charge in [0.2, 0.25) is 6.86 Å². The predicted octanol–water partition coefficient (Wildman–Crippen LogP) is 2.99. The van der Waals surface area contributed by atoms with Crippen molar-refractivity contribution in [3.8, 4) is 5.75 Å². The summed E-state index contributed by atoms with van der Waals surface area (Å²) in [6.07, 6.45) is 0.615. The number of alkyl halides is 1. The van der Waals surface area contributed by atoms with Crippen molar-refractivity contribution >= 4 is 39.6 Å². The average Bonchev–Trinajstić information content (AvgIpc) is 3.35. The van der Waals surface area contributed by atoms with Crippen LogP contribution in [0.5, 0.6) is 5.75 Å². The van der Waals surface area contributed by atoms with Crippen LogP contribution in [0.15, 0.2) is 22.6 Å². The van der Waals surface area contributed by atoms with E-state index in [-0.39, 0.29) is 18.6 Å². The molecular weight excluding hydrogens is 453 g/mol. The first-order valence-corrected chi connectivity index (χ1v) is 11.3. The Bertz CT molecular complexity index is 1180. The van der Waals surface area contributed by atoms with E-state index in [0.717, 1.165) is 10.6 Å². The summed E-state index contributed by atoms with van der Waals surface area (Å²) in [5.41, 5.74) is 1.07. The van der Waals surface area contributed by atoms with Gasteiger partial charge in [-0.25, -0.2) is 14.2 Å². The zero-order valence-electron chi connectivity index (χ0n) is 18.1. The maximum atomic E-state index is 12.5. The molecular formula is C21H24FN5O5S. The van der Waals surface area contributed by atoms with Crippen molar-refractivity contribution < 1.29 is 28.2 Å². The molecule has 1 saturated heterocycles. The molecule has 2 atom stereocenters. The van der Waals surface area contributed by atoms with E-state index in [1.807, 2.05) is 0 Å². The SMILES string of the molecule is CC(C)(O)CNC(=O)Nc1nc2c(s1)[C@@H]1COC[C@H](C2)N1c1nc2cc(OCF)ccc2o1. The number of carbonyl (C=O) groups excluding carboxylic acids is 1. The third-order valence-electron chi connectivity index (χ3n) is 5.47. The largest absolute Gasteiger partial charge is 0.463 e. The van der Waals surface area contributed by atoms with Gasteiger partial charge in [0, 0.05) is 19.0 Å². The molecule has 3 aromatic rings. The van der Waals surface area contributed by atoms with E-state index in [1.165, 1.54) is 11.3 Å². The minimum Gasteiger partial charge on any atom is -0.463 e. The molecule has 3 N–H and O–H groups in total. The number of hydrogen-bond acceptors (Lipinski definition) is 9. The zero-order chi connectivity index (χ0) is 23.2. The number of ether oxygens (including phenoxy) is 2. The second-order valence-electron chi connectivity index (χ2n) is 8.65. The Balaban J connectivity index is 1.39. The normalized spacial score (nSPS) is 19.9. The molecule has 0 spiro atoms. The van der Waals surface area contributed by atoms with Crippen LogP contribution in [0.2, 0.25) is 0 Å². The number of morpholine rings is 1. The second-order valence-corrected chi connectivity index (χ2v) is 9.68. The Kier molecular flexibility index (Phi) is 5.59. The van der Waals surface area contributed by atoms with E-state index in [9.17, 15) is 14.3 Å². The number of aliphatic hydroxyl groups is 1. The fourth-order valence-corrected chi connectivity index (χ4v) is 5.09. The van der Waals surface area contributed by atoms with Gasteiger partial charge in [0.1, 0.15) is 11.3 Å². The number of aromatic nitrogens is 2. The molecule has 10 nitrogen and oxygen atoms in total. The van der Waals surface area contributed by atoms with E-state index in [2.05, 4.69) is 25.5 Å². The number of anilines is 2. The number of nitrogens with zero attached hydrogens (tertiary/aromatic N) is 3. The number of oxazole rings is 1. The third-order valence-corrected chi connectivity index (χ3v) is 6.58. The van der Waals surface area contributed by atoms with Crippen LogP contribution in [-0.2, 0) is 11.2 Å². The molecule has 2 aliphatic heterocycles. The Morgan fingerprint density at radius 2 is 2.24 bits per heavy atom. The molecule has 33 heavy (non-hydrogen) atoms. The summed E-state index contributed by atoms with van der Waals surface area (Å²) >= 11 is 1.38. The zero-order valence-corrected chi connectivity index (χ0v) is 18.9. The molecule has 2 amide bonds. The van der Waals surface area contributed by atoms with Crippen molar-refractivity contribution in [3.63, 3.8) is 0 Å². The molecule has 2 bridgehead atoms. The molecule has 0 radical (unpaired) electrons. The van der Waals surface area contributed by atoms with Crippen LogP contribution in [0.25, 0.3) is 11.1 Å². The van der Waals surface area contributed by atoms with Crippen molar-refractivity contribution in [2.75, 3.05) is 36.8 Å². The highest BCUT2D eigenvalue weighted by Crippen LogP contribution is 2.44. The summed E-state index contributed by atoms with van der Waals surface area (Å²) in [7, 11) is 0. The maximum absolute atomic E-state index is 12.5. The average molecular weight is 478 g/mol. The van der Waals surface area contributed by atoms with Gasteiger partial charge in [-0.2, -0.15) is 4.98 Å². The molecule has 0 unspecified atom stereocenters. The second kappa shape index (κ2) is 8.43. The minimum atomic E-state index is -1.01. The highest BCUT2D eigenvalue weighted by atomic mass is 32.1. The van der Waals surface area contributed by atoms with Crippen molar-refractivity contribution in [2.24, 2.45) is 0 Å². The molecule has 176 valence electrons. The molecule has 0 saturated carbocycles.